The van der Waals surface area contributed by atoms with Gasteiger partial charge in [0.25, 0.3) is 0 Å². The molecular formula is C11H15N3O5. The van der Waals surface area contributed by atoms with Gasteiger partial charge in [-0.2, -0.15) is 4.98 Å². The molecule has 0 spiro atoms. The van der Waals surface area contributed by atoms with E-state index < -0.39 is 22.2 Å². The molecule has 0 aliphatic heterocycles. The van der Waals surface area contributed by atoms with Crippen molar-refractivity contribution in [1.29, 1.82) is 0 Å². The SMILES string of the molecule is CC(C)(C)OC(=O)CCn1cc([N+](=O)[O-])cnc1=O. The number of hydrogen-bond donors (Lipinski definition) is 0. The average molecular weight is 269 g/mol. The Balaban J connectivity index is 2.73. The molecule has 0 bridgehead atoms. The predicted molar refractivity (Wildman–Crippen MR) is 65.6 cm³/mol. The van der Waals surface area contributed by atoms with E-state index in [2.05, 4.69) is 4.98 Å². The second kappa shape index (κ2) is 5.59. The van der Waals surface area contributed by atoms with E-state index in [1.54, 1.807) is 20.8 Å². The molecule has 1 aromatic rings. The number of nitro groups is 1. The third-order valence-electron chi connectivity index (χ3n) is 2.03. The van der Waals surface area contributed by atoms with Crippen molar-refractivity contribution in [3.8, 4) is 0 Å². The van der Waals surface area contributed by atoms with Crippen LogP contribution in [0, 0.1) is 10.1 Å². The Morgan fingerprint density at radius 3 is 2.68 bits per heavy atom. The second-order valence-corrected chi connectivity index (χ2v) is 4.88. The van der Waals surface area contributed by atoms with Crippen molar-refractivity contribution in [2.45, 2.75) is 39.3 Å². The van der Waals surface area contributed by atoms with Gasteiger partial charge in [-0.3, -0.25) is 19.5 Å². The highest BCUT2D eigenvalue weighted by Gasteiger charge is 2.16. The van der Waals surface area contributed by atoms with Crippen molar-refractivity contribution >= 4 is 11.7 Å². The Morgan fingerprint density at radius 1 is 1.53 bits per heavy atom. The fraction of sp³-hybridized carbons (Fsp3) is 0.545. The van der Waals surface area contributed by atoms with Crippen molar-refractivity contribution < 1.29 is 14.5 Å². The number of carbonyl (C=O) groups is 1. The molecule has 1 aromatic heterocycles. The van der Waals surface area contributed by atoms with Crippen molar-refractivity contribution in [3.63, 3.8) is 0 Å². The number of esters is 1. The maximum Gasteiger partial charge on any atom is 0.347 e. The second-order valence-electron chi connectivity index (χ2n) is 4.88. The highest BCUT2D eigenvalue weighted by Crippen LogP contribution is 2.09. The summed E-state index contributed by atoms with van der Waals surface area (Å²) in [5, 5.41) is 10.5. The van der Waals surface area contributed by atoms with Gasteiger partial charge in [-0.25, -0.2) is 4.79 Å². The number of rotatable bonds is 4. The molecule has 0 fully saturated rings. The summed E-state index contributed by atoms with van der Waals surface area (Å²) in [6, 6.07) is 0. The first-order chi connectivity index (χ1) is 8.69. The number of ether oxygens (including phenoxy) is 1. The van der Waals surface area contributed by atoms with Crippen LogP contribution in [0.1, 0.15) is 27.2 Å². The summed E-state index contributed by atoms with van der Waals surface area (Å²) in [7, 11) is 0. The van der Waals surface area contributed by atoms with Gasteiger partial charge < -0.3 is 4.74 Å². The molecule has 0 saturated carbocycles. The van der Waals surface area contributed by atoms with Crippen molar-refractivity contribution in [3.05, 3.63) is 33.0 Å². The van der Waals surface area contributed by atoms with Gasteiger partial charge in [-0.15, -0.1) is 0 Å². The van der Waals surface area contributed by atoms with Crippen LogP contribution < -0.4 is 5.69 Å². The maximum absolute atomic E-state index is 11.5. The Bertz CT molecular complexity index is 544. The Hall–Kier alpha value is -2.25. The molecule has 104 valence electrons. The van der Waals surface area contributed by atoms with Crippen molar-refractivity contribution in [1.82, 2.24) is 9.55 Å². The first-order valence-electron chi connectivity index (χ1n) is 5.62. The quantitative estimate of drug-likeness (QED) is 0.456. The molecular weight excluding hydrogens is 254 g/mol. The van der Waals surface area contributed by atoms with E-state index >= 15 is 0 Å². The summed E-state index contributed by atoms with van der Waals surface area (Å²) in [6.07, 6.45) is 1.88. The molecule has 0 N–H and O–H groups in total. The van der Waals surface area contributed by atoms with Crippen LogP contribution in [0.3, 0.4) is 0 Å². The fourth-order valence-electron chi connectivity index (χ4n) is 1.30. The van der Waals surface area contributed by atoms with E-state index in [-0.39, 0.29) is 18.7 Å². The molecule has 19 heavy (non-hydrogen) atoms. The maximum atomic E-state index is 11.5. The van der Waals surface area contributed by atoms with Crippen molar-refractivity contribution in [2.24, 2.45) is 0 Å². The van der Waals surface area contributed by atoms with Crippen LogP contribution in [0.15, 0.2) is 17.2 Å². The molecule has 1 rings (SSSR count). The molecule has 8 heteroatoms. The monoisotopic (exact) mass is 269 g/mol. The van der Waals surface area contributed by atoms with Gasteiger partial charge in [0.2, 0.25) is 0 Å². The average Bonchev–Trinajstić information content (AvgIpc) is 2.25. The van der Waals surface area contributed by atoms with Gasteiger partial charge in [0, 0.05) is 6.54 Å². The predicted octanol–water partition coefficient (Wildman–Crippen LogP) is 0.883. The molecule has 0 atom stereocenters. The summed E-state index contributed by atoms with van der Waals surface area (Å²) in [4.78, 5) is 36.1. The van der Waals surface area contributed by atoms with Gasteiger partial charge in [0.1, 0.15) is 11.8 Å². The highest BCUT2D eigenvalue weighted by molar-refractivity contribution is 5.69. The normalized spacial score (nSPS) is 11.1. The van der Waals surface area contributed by atoms with Crippen LogP contribution in [-0.4, -0.2) is 26.0 Å². The van der Waals surface area contributed by atoms with Gasteiger partial charge in [-0.1, -0.05) is 0 Å². The minimum absolute atomic E-state index is 0.0115. The van der Waals surface area contributed by atoms with Crippen molar-refractivity contribution in [2.75, 3.05) is 0 Å². The first-order valence-corrected chi connectivity index (χ1v) is 5.62. The van der Waals surface area contributed by atoms with E-state index in [4.69, 9.17) is 4.74 Å². The molecule has 0 aliphatic carbocycles. The van der Waals surface area contributed by atoms with Crippen LogP contribution in [0.25, 0.3) is 0 Å². The Morgan fingerprint density at radius 2 is 2.16 bits per heavy atom. The number of hydrogen-bond acceptors (Lipinski definition) is 6. The van der Waals surface area contributed by atoms with E-state index in [9.17, 15) is 19.7 Å². The number of carbonyl (C=O) groups excluding carboxylic acids is 1. The van der Waals surface area contributed by atoms with Crippen LogP contribution >= 0.6 is 0 Å². The van der Waals surface area contributed by atoms with E-state index in [1.165, 1.54) is 0 Å². The lowest BCUT2D eigenvalue weighted by Gasteiger charge is -2.19. The zero-order chi connectivity index (χ0) is 14.6. The lowest BCUT2D eigenvalue weighted by atomic mass is 10.2. The Labute approximate surface area is 109 Å². The zero-order valence-electron chi connectivity index (χ0n) is 11.0. The fourth-order valence-corrected chi connectivity index (χ4v) is 1.30. The number of nitrogens with zero attached hydrogens (tertiary/aromatic N) is 3. The standard InChI is InChI=1S/C11H15N3O5/c1-11(2,3)19-9(15)4-5-13-7-8(14(17)18)6-12-10(13)16/h6-7H,4-5H2,1-3H3. The van der Waals surface area contributed by atoms with Crippen LogP contribution in [0.4, 0.5) is 5.69 Å². The summed E-state index contributed by atoms with van der Waals surface area (Å²) < 4.78 is 6.08. The smallest absolute Gasteiger partial charge is 0.347 e. The third kappa shape index (κ3) is 4.86. The lowest BCUT2D eigenvalue weighted by Crippen LogP contribution is -2.27. The molecule has 8 nitrogen and oxygen atoms in total. The van der Waals surface area contributed by atoms with Crippen LogP contribution in [0.2, 0.25) is 0 Å². The van der Waals surface area contributed by atoms with Crippen LogP contribution in [-0.2, 0) is 16.1 Å². The Kier molecular flexibility index (Phi) is 4.36. The van der Waals surface area contributed by atoms with Gasteiger partial charge in [0.15, 0.2) is 0 Å². The van der Waals surface area contributed by atoms with Crippen LogP contribution in [0.5, 0.6) is 0 Å². The first kappa shape index (κ1) is 14.8. The summed E-state index contributed by atoms with van der Waals surface area (Å²) in [5.41, 5.74) is -1.55. The molecule has 0 aliphatic rings. The molecule has 0 saturated heterocycles. The summed E-state index contributed by atoms with van der Waals surface area (Å²) >= 11 is 0. The largest absolute Gasteiger partial charge is 0.460 e. The topological polar surface area (TPSA) is 104 Å². The van der Waals surface area contributed by atoms with E-state index in [1.807, 2.05) is 0 Å². The molecule has 0 radical (unpaired) electrons. The van der Waals surface area contributed by atoms with Gasteiger partial charge >= 0.3 is 17.3 Å². The summed E-state index contributed by atoms with van der Waals surface area (Å²) in [5.74, 6) is -0.481. The van der Waals surface area contributed by atoms with E-state index in [0.29, 0.717) is 0 Å². The minimum atomic E-state index is -0.656. The van der Waals surface area contributed by atoms with E-state index in [0.717, 1.165) is 17.0 Å². The molecule has 1 heterocycles. The van der Waals surface area contributed by atoms with Gasteiger partial charge in [-0.05, 0) is 20.8 Å². The lowest BCUT2D eigenvalue weighted by molar-refractivity contribution is -0.385. The highest BCUT2D eigenvalue weighted by atomic mass is 16.6. The molecule has 0 aromatic carbocycles. The number of aryl methyl sites for hydroxylation is 1. The minimum Gasteiger partial charge on any atom is -0.460 e. The molecule has 0 amide bonds. The van der Waals surface area contributed by atoms with Gasteiger partial charge in [0.05, 0.1) is 17.5 Å². The number of aromatic nitrogens is 2. The molecule has 0 unspecified atom stereocenters. The summed E-state index contributed by atoms with van der Waals surface area (Å²) in [6.45, 7) is 5.17. The third-order valence-corrected chi connectivity index (χ3v) is 2.03. The zero-order valence-corrected chi connectivity index (χ0v) is 11.0.